The molecule has 1 heterocycles. The molecule has 0 aliphatic carbocycles. The lowest BCUT2D eigenvalue weighted by Crippen LogP contribution is -2.33. The minimum Gasteiger partial charge on any atom is -0.270 e. The molecule has 2 rings (SSSR count). The van der Waals surface area contributed by atoms with E-state index < -0.39 is 10.2 Å². The molecule has 1 saturated heterocycles. The van der Waals surface area contributed by atoms with Crippen LogP contribution in [0, 0.1) is 20.8 Å². The summed E-state index contributed by atoms with van der Waals surface area (Å²) in [6, 6.07) is 3.99. The fourth-order valence-corrected chi connectivity index (χ4v) is 3.91. The zero-order valence-corrected chi connectivity index (χ0v) is 12.0. The van der Waals surface area contributed by atoms with E-state index in [0.29, 0.717) is 18.8 Å². The normalized spacial score (nSPS) is 17.1. The predicted molar refractivity (Wildman–Crippen MR) is 74.0 cm³/mol. The van der Waals surface area contributed by atoms with Crippen molar-refractivity contribution in [2.45, 2.75) is 33.6 Å². The number of hydrogen-bond acceptors (Lipinski definition) is 2. The lowest BCUT2D eigenvalue weighted by molar-refractivity contribution is 0.482. The van der Waals surface area contributed by atoms with Crippen molar-refractivity contribution in [2.75, 3.05) is 17.8 Å². The first kappa shape index (κ1) is 13.4. The van der Waals surface area contributed by atoms with E-state index in [1.807, 2.05) is 32.9 Å². The first-order valence-corrected chi connectivity index (χ1v) is 7.70. The fourth-order valence-electron chi connectivity index (χ4n) is 2.46. The molecule has 0 radical (unpaired) electrons. The standard InChI is InChI=1S/C13H20N2O2S/c1-10-8-11(2)13(12(3)9-10)14-18(16,17)15-6-4-5-7-15/h8-9,14H,4-7H2,1-3H3. The predicted octanol–water partition coefficient (Wildman–Crippen LogP) is 2.36. The lowest BCUT2D eigenvalue weighted by atomic mass is 10.1. The Morgan fingerprint density at radius 3 is 2.06 bits per heavy atom. The molecular formula is C13H20N2O2S. The molecule has 100 valence electrons. The Morgan fingerprint density at radius 2 is 1.56 bits per heavy atom. The van der Waals surface area contributed by atoms with Gasteiger partial charge in [0.05, 0.1) is 5.69 Å². The number of hydrogen-bond donors (Lipinski definition) is 1. The second-order valence-electron chi connectivity index (χ2n) is 4.99. The van der Waals surface area contributed by atoms with E-state index in [0.717, 1.165) is 29.5 Å². The van der Waals surface area contributed by atoms with Gasteiger partial charge in [0.15, 0.2) is 0 Å². The second kappa shape index (κ2) is 4.90. The summed E-state index contributed by atoms with van der Waals surface area (Å²) in [6.45, 7) is 7.13. The van der Waals surface area contributed by atoms with Gasteiger partial charge in [-0.15, -0.1) is 0 Å². The summed E-state index contributed by atoms with van der Waals surface area (Å²) in [7, 11) is -3.39. The van der Waals surface area contributed by atoms with Crippen molar-refractivity contribution in [1.29, 1.82) is 0 Å². The molecule has 1 N–H and O–H groups in total. The SMILES string of the molecule is Cc1cc(C)c(NS(=O)(=O)N2CCCC2)c(C)c1. The highest BCUT2D eigenvalue weighted by Crippen LogP contribution is 2.24. The molecule has 0 unspecified atom stereocenters. The van der Waals surface area contributed by atoms with Crippen LogP contribution in [0.1, 0.15) is 29.5 Å². The van der Waals surface area contributed by atoms with Gasteiger partial charge in [0, 0.05) is 13.1 Å². The van der Waals surface area contributed by atoms with E-state index in [1.54, 1.807) is 0 Å². The van der Waals surface area contributed by atoms with Crippen LogP contribution in [0.2, 0.25) is 0 Å². The van der Waals surface area contributed by atoms with Crippen molar-refractivity contribution in [2.24, 2.45) is 0 Å². The number of anilines is 1. The zero-order valence-electron chi connectivity index (χ0n) is 11.2. The van der Waals surface area contributed by atoms with Crippen molar-refractivity contribution >= 4 is 15.9 Å². The smallest absolute Gasteiger partial charge is 0.270 e. The van der Waals surface area contributed by atoms with Crippen LogP contribution in [0.4, 0.5) is 5.69 Å². The molecule has 1 aliphatic heterocycles. The highest BCUT2D eigenvalue weighted by atomic mass is 32.2. The summed E-state index contributed by atoms with van der Waals surface area (Å²) in [5.74, 6) is 0. The monoisotopic (exact) mass is 268 g/mol. The van der Waals surface area contributed by atoms with Gasteiger partial charge in [-0.2, -0.15) is 12.7 Å². The highest BCUT2D eigenvalue weighted by molar-refractivity contribution is 7.90. The number of nitrogens with one attached hydrogen (secondary N) is 1. The summed E-state index contributed by atoms with van der Waals surface area (Å²) < 4.78 is 28.7. The molecule has 0 aromatic heterocycles. The molecule has 1 fully saturated rings. The molecule has 1 aliphatic rings. The van der Waals surface area contributed by atoms with E-state index in [2.05, 4.69) is 4.72 Å². The Balaban J connectivity index is 2.29. The minimum atomic E-state index is -3.39. The summed E-state index contributed by atoms with van der Waals surface area (Å²) in [5.41, 5.74) is 3.80. The molecule has 0 atom stereocenters. The third kappa shape index (κ3) is 2.67. The van der Waals surface area contributed by atoms with E-state index in [9.17, 15) is 8.42 Å². The van der Waals surface area contributed by atoms with E-state index in [-0.39, 0.29) is 0 Å². The van der Waals surface area contributed by atoms with Gasteiger partial charge in [0.1, 0.15) is 0 Å². The molecule has 0 spiro atoms. The second-order valence-corrected chi connectivity index (χ2v) is 6.66. The summed E-state index contributed by atoms with van der Waals surface area (Å²) >= 11 is 0. The molecule has 1 aromatic rings. The summed E-state index contributed by atoms with van der Waals surface area (Å²) in [4.78, 5) is 0. The number of nitrogens with zero attached hydrogens (tertiary/aromatic N) is 1. The molecule has 0 amide bonds. The van der Waals surface area contributed by atoms with Crippen LogP contribution < -0.4 is 4.72 Å². The maximum Gasteiger partial charge on any atom is 0.301 e. The minimum absolute atomic E-state index is 0.624. The van der Waals surface area contributed by atoms with Gasteiger partial charge in [-0.05, 0) is 44.7 Å². The van der Waals surface area contributed by atoms with Crippen LogP contribution in [0.15, 0.2) is 12.1 Å². The highest BCUT2D eigenvalue weighted by Gasteiger charge is 2.25. The molecule has 1 aromatic carbocycles. The summed E-state index contributed by atoms with van der Waals surface area (Å²) in [6.07, 6.45) is 1.90. The van der Waals surface area contributed by atoms with Gasteiger partial charge in [0.25, 0.3) is 0 Å². The van der Waals surface area contributed by atoms with Crippen LogP contribution >= 0.6 is 0 Å². The van der Waals surface area contributed by atoms with Crippen molar-refractivity contribution < 1.29 is 8.42 Å². The van der Waals surface area contributed by atoms with E-state index in [4.69, 9.17) is 0 Å². The first-order chi connectivity index (χ1) is 8.40. The molecule has 18 heavy (non-hydrogen) atoms. The lowest BCUT2D eigenvalue weighted by Gasteiger charge is -2.19. The molecule has 4 nitrogen and oxygen atoms in total. The topological polar surface area (TPSA) is 49.4 Å². The average molecular weight is 268 g/mol. The molecule has 5 heteroatoms. The maximum atomic E-state index is 12.2. The number of benzene rings is 1. The van der Waals surface area contributed by atoms with Gasteiger partial charge in [-0.25, -0.2) is 0 Å². The Hall–Kier alpha value is -1.07. The van der Waals surface area contributed by atoms with Crippen LogP contribution in [0.25, 0.3) is 0 Å². The van der Waals surface area contributed by atoms with Gasteiger partial charge in [-0.3, -0.25) is 4.72 Å². The van der Waals surface area contributed by atoms with Crippen LogP contribution in [-0.4, -0.2) is 25.8 Å². The maximum absolute atomic E-state index is 12.2. The Kier molecular flexibility index (Phi) is 3.64. The van der Waals surface area contributed by atoms with Crippen LogP contribution in [0.5, 0.6) is 0 Å². The third-order valence-corrected chi connectivity index (χ3v) is 4.82. The van der Waals surface area contributed by atoms with Crippen LogP contribution in [0.3, 0.4) is 0 Å². The van der Waals surface area contributed by atoms with Crippen molar-refractivity contribution in [3.8, 4) is 0 Å². The number of aryl methyl sites for hydroxylation is 3. The fraction of sp³-hybridized carbons (Fsp3) is 0.538. The molecular weight excluding hydrogens is 248 g/mol. The van der Waals surface area contributed by atoms with Gasteiger partial charge in [-0.1, -0.05) is 17.7 Å². The van der Waals surface area contributed by atoms with Crippen molar-refractivity contribution in [1.82, 2.24) is 4.31 Å². The van der Waals surface area contributed by atoms with Gasteiger partial charge >= 0.3 is 10.2 Å². The van der Waals surface area contributed by atoms with Crippen molar-refractivity contribution in [3.05, 3.63) is 28.8 Å². The van der Waals surface area contributed by atoms with Gasteiger partial charge in [0.2, 0.25) is 0 Å². The van der Waals surface area contributed by atoms with Crippen LogP contribution in [-0.2, 0) is 10.2 Å². The van der Waals surface area contributed by atoms with E-state index >= 15 is 0 Å². The van der Waals surface area contributed by atoms with Gasteiger partial charge < -0.3 is 0 Å². The van der Waals surface area contributed by atoms with E-state index in [1.165, 1.54) is 4.31 Å². The molecule has 0 saturated carbocycles. The first-order valence-electron chi connectivity index (χ1n) is 6.26. The Bertz CT molecular complexity index is 523. The zero-order chi connectivity index (χ0) is 13.3. The summed E-state index contributed by atoms with van der Waals surface area (Å²) in [5, 5.41) is 0. The Labute approximate surface area is 109 Å². The Morgan fingerprint density at radius 1 is 1.06 bits per heavy atom. The van der Waals surface area contributed by atoms with Crippen molar-refractivity contribution in [3.63, 3.8) is 0 Å². The number of rotatable bonds is 3. The largest absolute Gasteiger partial charge is 0.301 e. The average Bonchev–Trinajstić information content (AvgIpc) is 2.77. The third-order valence-electron chi connectivity index (χ3n) is 3.31. The molecule has 0 bridgehead atoms. The quantitative estimate of drug-likeness (QED) is 0.915.